The van der Waals surface area contributed by atoms with Gasteiger partial charge in [0.2, 0.25) is 0 Å². The molecule has 0 aliphatic carbocycles. The zero-order valence-electron chi connectivity index (χ0n) is 23.6. The highest BCUT2D eigenvalue weighted by Crippen LogP contribution is 2.37. The molecule has 1 heterocycles. The average molecular weight is 568 g/mol. The number of para-hydroxylation sites is 2. The summed E-state index contributed by atoms with van der Waals surface area (Å²) in [6, 6.07) is 49.7. The SMILES string of the molecule is O=c1nc(-c2cccc(-c3ccc4c5ccccc5c5ccccc5c4c3)c2)n(-c2ccccc2)c(=O)n1-c1ccccc1. The average Bonchev–Trinajstić information content (AvgIpc) is 3.09. The van der Waals surface area contributed by atoms with Gasteiger partial charge in [-0.05, 0) is 79.8 Å². The van der Waals surface area contributed by atoms with E-state index in [1.54, 1.807) is 24.3 Å². The molecule has 0 bridgehead atoms. The molecule has 5 heteroatoms. The van der Waals surface area contributed by atoms with E-state index in [4.69, 9.17) is 0 Å². The summed E-state index contributed by atoms with van der Waals surface area (Å²) in [5.41, 5.74) is 2.65. The van der Waals surface area contributed by atoms with Crippen molar-refractivity contribution in [1.82, 2.24) is 14.1 Å². The van der Waals surface area contributed by atoms with Crippen molar-refractivity contribution in [3.8, 4) is 33.9 Å². The molecule has 5 nitrogen and oxygen atoms in total. The van der Waals surface area contributed by atoms with Gasteiger partial charge in [-0.3, -0.25) is 0 Å². The van der Waals surface area contributed by atoms with Gasteiger partial charge in [-0.25, -0.2) is 18.7 Å². The zero-order chi connectivity index (χ0) is 29.6. The molecule has 208 valence electrons. The third kappa shape index (κ3) is 4.14. The molecular weight excluding hydrogens is 542 g/mol. The maximum Gasteiger partial charge on any atom is 0.358 e. The monoisotopic (exact) mass is 567 g/mol. The van der Waals surface area contributed by atoms with E-state index in [1.165, 1.54) is 36.9 Å². The van der Waals surface area contributed by atoms with E-state index in [-0.39, 0.29) is 5.82 Å². The fourth-order valence-electron chi connectivity index (χ4n) is 6.19. The Kier molecular flexibility index (Phi) is 6.02. The molecule has 7 aromatic carbocycles. The molecule has 8 rings (SSSR count). The van der Waals surface area contributed by atoms with Crippen LogP contribution in [0.2, 0.25) is 0 Å². The predicted molar refractivity (Wildman–Crippen MR) is 179 cm³/mol. The van der Waals surface area contributed by atoms with Crippen LogP contribution in [0.25, 0.3) is 66.2 Å². The number of benzene rings is 7. The van der Waals surface area contributed by atoms with Crippen LogP contribution >= 0.6 is 0 Å². The number of nitrogens with zero attached hydrogens (tertiary/aromatic N) is 3. The Bertz CT molecular complexity index is 2440. The number of fused-ring (bicyclic) bond motifs is 6. The smallest absolute Gasteiger partial charge is 0.247 e. The number of aromatic nitrogens is 3. The van der Waals surface area contributed by atoms with Crippen LogP contribution in [-0.2, 0) is 0 Å². The van der Waals surface area contributed by atoms with Gasteiger partial charge >= 0.3 is 11.4 Å². The lowest BCUT2D eigenvalue weighted by Crippen LogP contribution is -2.40. The predicted octanol–water partition coefficient (Wildman–Crippen LogP) is 8.18. The molecule has 0 radical (unpaired) electrons. The zero-order valence-corrected chi connectivity index (χ0v) is 23.6. The van der Waals surface area contributed by atoms with Crippen LogP contribution in [0.4, 0.5) is 0 Å². The second-order valence-electron chi connectivity index (χ2n) is 10.8. The Balaban J connectivity index is 1.34. The highest BCUT2D eigenvalue weighted by Gasteiger charge is 2.18. The van der Waals surface area contributed by atoms with Gasteiger partial charge in [0.05, 0.1) is 11.4 Å². The van der Waals surface area contributed by atoms with Gasteiger partial charge in [0.1, 0.15) is 0 Å². The van der Waals surface area contributed by atoms with E-state index in [0.717, 1.165) is 15.7 Å². The quantitative estimate of drug-likeness (QED) is 0.202. The molecule has 0 unspecified atom stereocenters. The highest BCUT2D eigenvalue weighted by molar-refractivity contribution is 6.25. The summed E-state index contributed by atoms with van der Waals surface area (Å²) in [6.07, 6.45) is 0. The third-order valence-corrected chi connectivity index (χ3v) is 8.21. The highest BCUT2D eigenvalue weighted by atomic mass is 16.2. The lowest BCUT2D eigenvalue weighted by molar-refractivity contribution is 0.755. The maximum atomic E-state index is 14.0. The second-order valence-corrected chi connectivity index (χ2v) is 10.8. The van der Waals surface area contributed by atoms with Crippen LogP contribution in [0.1, 0.15) is 0 Å². The molecule has 0 fully saturated rings. The van der Waals surface area contributed by atoms with Gasteiger partial charge < -0.3 is 0 Å². The topological polar surface area (TPSA) is 56.9 Å². The first kappa shape index (κ1) is 25.6. The summed E-state index contributed by atoms with van der Waals surface area (Å²) < 4.78 is 2.62. The van der Waals surface area contributed by atoms with Crippen LogP contribution < -0.4 is 11.4 Å². The van der Waals surface area contributed by atoms with Crippen molar-refractivity contribution >= 4 is 32.3 Å². The Hall–Kier alpha value is -6.07. The third-order valence-electron chi connectivity index (χ3n) is 8.21. The molecular formula is C39H25N3O2. The van der Waals surface area contributed by atoms with Crippen molar-refractivity contribution in [1.29, 1.82) is 0 Å². The molecule has 44 heavy (non-hydrogen) atoms. The number of hydrogen-bond donors (Lipinski definition) is 0. The van der Waals surface area contributed by atoms with E-state index in [2.05, 4.69) is 71.7 Å². The summed E-state index contributed by atoms with van der Waals surface area (Å²) in [5, 5.41) is 7.24. The lowest BCUT2D eigenvalue weighted by Gasteiger charge is -2.16. The first-order chi connectivity index (χ1) is 21.7. The van der Waals surface area contributed by atoms with Crippen molar-refractivity contribution in [2.24, 2.45) is 0 Å². The van der Waals surface area contributed by atoms with Crippen molar-refractivity contribution in [2.75, 3.05) is 0 Å². The fraction of sp³-hybridized carbons (Fsp3) is 0. The Morgan fingerprint density at radius 1 is 0.386 bits per heavy atom. The van der Waals surface area contributed by atoms with Gasteiger partial charge in [0, 0.05) is 5.56 Å². The largest absolute Gasteiger partial charge is 0.358 e. The molecule has 8 aromatic rings. The first-order valence-electron chi connectivity index (χ1n) is 14.5. The summed E-state index contributed by atoms with van der Waals surface area (Å²) >= 11 is 0. The molecule has 0 amide bonds. The van der Waals surface area contributed by atoms with Gasteiger partial charge in [-0.2, -0.15) is 4.98 Å². The first-order valence-corrected chi connectivity index (χ1v) is 14.5. The molecule has 0 saturated heterocycles. The molecule has 0 N–H and O–H groups in total. The number of hydrogen-bond acceptors (Lipinski definition) is 3. The van der Waals surface area contributed by atoms with Gasteiger partial charge in [-0.1, -0.05) is 115 Å². The Morgan fingerprint density at radius 2 is 0.864 bits per heavy atom. The minimum absolute atomic E-state index is 0.289. The van der Waals surface area contributed by atoms with Crippen LogP contribution in [0.5, 0.6) is 0 Å². The van der Waals surface area contributed by atoms with Gasteiger partial charge in [0.15, 0.2) is 5.82 Å². The molecule has 0 saturated carbocycles. The van der Waals surface area contributed by atoms with Crippen LogP contribution in [0, 0.1) is 0 Å². The summed E-state index contributed by atoms with van der Waals surface area (Å²) in [6.45, 7) is 0. The van der Waals surface area contributed by atoms with E-state index < -0.39 is 11.4 Å². The summed E-state index contributed by atoms with van der Waals surface area (Å²) in [4.78, 5) is 31.9. The van der Waals surface area contributed by atoms with Crippen molar-refractivity contribution < 1.29 is 0 Å². The van der Waals surface area contributed by atoms with E-state index in [9.17, 15) is 9.59 Å². The van der Waals surface area contributed by atoms with Crippen LogP contribution in [0.3, 0.4) is 0 Å². The minimum Gasteiger partial charge on any atom is -0.247 e. The Morgan fingerprint density at radius 3 is 1.48 bits per heavy atom. The molecule has 1 aromatic heterocycles. The van der Waals surface area contributed by atoms with Gasteiger partial charge in [0.25, 0.3) is 0 Å². The fourth-order valence-corrected chi connectivity index (χ4v) is 6.19. The van der Waals surface area contributed by atoms with Crippen molar-refractivity contribution in [3.05, 3.63) is 173 Å². The van der Waals surface area contributed by atoms with Crippen LogP contribution in [-0.4, -0.2) is 14.1 Å². The maximum absolute atomic E-state index is 14.0. The van der Waals surface area contributed by atoms with Gasteiger partial charge in [-0.15, -0.1) is 0 Å². The minimum atomic E-state index is -0.627. The van der Waals surface area contributed by atoms with E-state index >= 15 is 0 Å². The summed E-state index contributed by atoms with van der Waals surface area (Å²) in [5.74, 6) is 0.289. The van der Waals surface area contributed by atoms with Crippen LogP contribution in [0.15, 0.2) is 161 Å². The van der Waals surface area contributed by atoms with Crippen molar-refractivity contribution in [2.45, 2.75) is 0 Å². The molecule has 0 atom stereocenters. The Labute approximate surface area is 252 Å². The molecule has 0 aliphatic rings. The molecule has 0 spiro atoms. The normalized spacial score (nSPS) is 11.4. The standard InChI is InChI=1S/C39H25N3O2/c43-38-40-37(41(29-14-3-1-4-15-29)39(44)42(38)30-16-5-2-6-17-30)28-13-11-12-26(24-28)27-22-23-35-33-20-8-7-18-31(33)32-19-9-10-21-34(32)36(35)25-27/h1-25H. The molecule has 0 aliphatic heterocycles. The summed E-state index contributed by atoms with van der Waals surface area (Å²) in [7, 11) is 0. The second kappa shape index (κ2) is 10.3. The van der Waals surface area contributed by atoms with E-state index in [1.807, 2.05) is 60.7 Å². The number of rotatable bonds is 4. The van der Waals surface area contributed by atoms with E-state index in [0.29, 0.717) is 16.9 Å². The van der Waals surface area contributed by atoms with Crippen molar-refractivity contribution in [3.63, 3.8) is 0 Å². The lowest BCUT2D eigenvalue weighted by atomic mass is 9.92.